The summed E-state index contributed by atoms with van der Waals surface area (Å²) in [5.41, 5.74) is 0.821. The van der Waals surface area contributed by atoms with Gasteiger partial charge in [0, 0.05) is 38.4 Å². The van der Waals surface area contributed by atoms with E-state index in [-0.39, 0.29) is 18.0 Å². The van der Waals surface area contributed by atoms with Crippen LogP contribution in [0.4, 0.5) is 15.6 Å². The van der Waals surface area contributed by atoms with Crippen molar-refractivity contribution in [1.29, 1.82) is 0 Å². The Labute approximate surface area is 177 Å². The summed E-state index contributed by atoms with van der Waals surface area (Å²) in [6.07, 6.45) is 1.60. The number of nitrogens with zero attached hydrogens (tertiary/aromatic N) is 3. The highest BCUT2D eigenvalue weighted by Crippen LogP contribution is 2.25. The molecule has 1 aliphatic heterocycles. The van der Waals surface area contributed by atoms with Crippen molar-refractivity contribution in [3.63, 3.8) is 0 Å². The van der Waals surface area contributed by atoms with Crippen molar-refractivity contribution in [3.05, 3.63) is 35.3 Å². The van der Waals surface area contributed by atoms with Gasteiger partial charge < -0.3 is 20.4 Å². The van der Waals surface area contributed by atoms with Crippen molar-refractivity contribution in [3.8, 4) is 0 Å². The molecule has 0 aliphatic carbocycles. The quantitative estimate of drug-likeness (QED) is 0.730. The van der Waals surface area contributed by atoms with Gasteiger partial charge in [0.05, 0.1) is 14.3 Å². The number of aromatic nitrogens is 1. The molecule has 3 amide bonds. The number of nitrogens with one attached hydrogen (secondary N) is 2. The zero-order valence-corrected chi connectivity index (χ0v) is 19.5. The third-order valence-electron chi connectivity index (χ3n) is 5.11. The Balaban J connectivity index is 1.60. The van der Waals surface area contributed by atoms with Crippen LogP contribution in [0.25, 0.3) is 0 Å². The summed E-state index contributed by atoms with van der Waals surface area (Å²) in [5, 5.41) is 7.83. The van der Waals surface area contributed by atoms with E-state index < -0.39 is 8.07 Å². The van der Waals surface area contributed by atoms with E-state index >= 15 is 0 Å². The van der Waals surface area contributed by atoms with Gasteiger partial charge in [0.2, 0.25) is 0 Å². The smallest absolute Gasteiger partial charge is 0.322 e. The molecule has 29 heavy (non-hydrogen) atoms. The van der Waals surface area contributed by atoms with Crippen molar-refractivity contribution < 1.29 is 9.59 Å². The minimum Gasteiger partial charge on any atom is -0.354 e. The number of piperazine rings is 1. The van der Waals surface area contributed by atoms with Crippen molar-refractivity contribution in [2.24, 2.45) is 0 Å². The summed E-state index contributed by atoms with van der Waals surface area (Å²) < 4.78 is 0. The van der Waals surface area contributed by atoms with Crippen molar-refractivity contribution in [1.82, 2.24) is 15.2 Å². The van der Waals surface area contributed by atoms with Crippen LogP contribution in [0.3, 0.4) is 0 Å². The Hall–Kier alpha value is -2.39. The maximum absolute atomic E-state index is 12.8. The van der Waals surface area contributed by atoms with Gasteiger partial charge in [0.25, 0.3) is 5.91 Å². The van der Waals surface area contributed by atoms with E-state index in [0.29, 0.717) is 24.5 Å². The number of thiazole rings is 1. The molecule has 2 N–H and O–H groups in total. The predicted molar refractivity (Wildman–Crippen MR) is 122 cm³/mol. The molecule has 1 aliphatic rings. The second-order valence-electron chi connectivity index (χ2n) is 8.33. The number of carbonyl (C=O) groups is 2. The fourth-order valence-corrected chi connectivity index (χ4v) is 5.39. The average molecular weight is 432 g/mol. The van der Waals surface area contributed by atoms with Crippen LogP contribution in [0, 0.1) is 0 Å². The molecule has 1 fully saturated rings. The van der Waals surface area contributed by atoms with Crippen molar-refractivity contribution in [2.75, 3.05) is 36.9 Å². The van der Waals surface area contributed by atoms with E-state index in [9.17, 15) is 9.59 Å². The molecular weight excluding hydrogens is 402 g/mol. The molecule has 7 nitrogen and oxygen atoms in total. The maximum atomic E-state index is 12.8. The fraction of sp³-hybridized carbons (Fsp3) is 0.450. The standard InChI is InChI=1S/C20H29N5O2SSi/c1-14-13-24(20-22-12-17(28-20)18(26)21-2)10-11-25(14)19(27)23-15-6-8-16(9-7-15)29(3,4)5/h6-9,12,14H,10-11,13H2,1-5H3,(H,21,26)(H,23,27). The van der Waals surface area contributed by atoms with Gasteiger partial charge in [0.15, 0.2) is 5.13 Å². The van der Waals surface area contributed by atoms with E-state index in [1.165, 1.54) is 16.5 Å². The summed E-state index contributed by atoms with van der Waals surface area (Å²) in [6, 6.07) is 8.18. The predicted octanol–water partition coefficient (Wildman–Crippen LogP) is 2.79. The largest absolute Gasteiger partial charge is 0.354 e. The summed E-state index contributed by atoms with van der Waals surface area (Å²) in [7, 11) is 0.265. The molecular formula is C20H29N5O2SSi. The van der Waals surface area contributed by atoms with Gasteiger partial charge in [-0.3, -0.25) is 4.79 Å². The van der Waals surface area contributed by atoms with Crippen molar-refractivity contribution in [2.45, 2.75) is 32.6 Å². The number of urea groups is 1. The summed E-state index contributed by atoms with van der Waals surface area (Å²) in [5.74, 6) is -0.125. The SMILES string of the molecule is CNC(=O)c1cnc(N2CCN(C(=O)Nc3ccc([Si](C)(C)C)cc3)C(C)C2)s1. The van der Waals surface area contributed by atoms with Gasteiger partial charge in [-0.15, -0.1) is 0 Å². The van der Waals surface area contributed by atoms with Crippen LogP contribution < -0.4 is 20.7 Å². The fourth-order valence-electron chi connectivity index (χ4n) is 3.32. The molecule has 0 saturated carbocycles. The minimum absolute atomic E-state index is 0.0392. The molecule has 3 rings (SSSR count). The summed E-state index contributed by atoms with van der Waals surface area (Å²) >= 11 is 1.38. The lowest BCUT2D eigenvalue weighted by molar-refractivity contribution is 0.0967. The highest BCUT2D eigenvalue weighted by molar-refractivity contribution is 7.17. The Kier molecular flexibility index (Phi) is 6.28. The number of anilines is 2. The molecule has 2 aromatic rings. The Morgan fingerprint density at radius 3 is 2.45 bits per heavy atom. The number of amides is 3. The van der Waals surface area contributed by atoms with E-state index in [4.69, 9.17) is 0 Å². The molecule has 2 heterocycles. The van der Waals surface area contributed by atoms with Crippen LogP contribution in [0.15, 0.2) is 30.5 Å². The Bertz CT molecular complexity index is 878. The molecule has 0 radical (unpaired) electrons. The lowest BCUT2D eigenvalue weighted by Gasteiger charge is -2.39. The third kappa shape index (κ3) is 4.97. The van der Waals surface area contributed by atoms with Gasteiger partial charge in [-0.1, -0.05) is 48.3 Å². The average Bonchev–Trinajstić information content (AvgIpc) is 3.17. The normalized spacial score (nSPS) is 17.2. The first-order valence-electron chi connectivity index (χ1n) is 9.80. The van der Waals surface area contributed by atoms with Crippen LogP contribution in [-0.4, -0.2) is 62.6 Å². The van der Waals surface area contributed by atoms with E-state index in [2.05, 4.69) is 52.3 Å². The van der Waals surface area contributed by atoms with Gasteiger partial charge in [-0.25, -0.2) is 9.78 Å². The summed E-state index contributed by atoms with van der Waals surface area (Å²) in [4.78, 5) is 33.5. The first-order chi connectivity index (χ1) is 13.7. The number of carbonyl (C=O) groups excluding carboxylic acids is 2. The van der Waals surface area contributed by atoms with E-state index in [0.717, 1.165) is 10.8 Å². The first kappa shape index (κ1) is 21.3. The van der Waals surface area contributed by atoms with Gasteiger partial charge >= 0.3 is 6.03 Å². The number of hydrogen-bond donors (Lipinski definition) is 2. The zero-order valence-electron chi connectivity index (χ0n) is 17.7. The molecule has 1 aromatic carbocycles. The molecule has 1 aromatic heterocycles. The van der Waals surface area contributed by atoms with Crippen LogP contribution in [0.2, 0.25) is 19.6 Å². The number of hydrogen-bond acceptors (Lipinski definition) is 5. The van der Waals surface area contributed by atoms with Crippen LogP contribution in [0.5, 0.6) is 0 Å². The molecule has 1 atom stereocenters. The van der Waals surface area contributed by atoms with E-state index in [1.807, 2.05) is 24.0 Å². The van der Waals surface area contributed by atoms with Gasteiger partial charge in [-0.2, -0.15) is 0 Å². The van der Waals surface area contributed by atoms with Crippen molar-refractivity contribution >= 4 is 47.4 Å². The van der Waals surface area contributed by atoms with Crippen LogP contribution in [0.1, 0.15) is 16.6 Å². The lowest BCUT2D eigenvalue weighted by Crippen LogP contribution is -2.55. The molecule has 156 valence electrons. The monoisotopic (exact) mass is 431 g/mol. The van der Waals surface area contributed by atoms with E-state index in [1.54, 1.807) is 13.2 Å². The second-order valence-corrected chi connectivity index (χ2v) is 14.4. The molecule has 0 spiro atoms. The van der Waals surface area contributed by atoms with Crippen LogP contribution >= 0.6 is 11.3 Å². The molecule has 1 unspecified atom stereocenters. The number of benzene rings is 1. The third-order valence-corrected chi connectivity index (χ3v) is 8.23. The maximum Gasteiger partial charge on any atom is 0.322 e. The molecule has 0 bridgehead atoms. The zero-order chi connectivity index (χ0) is 21.2. The number of rotatable bonds is 4. The van der Waals surface area contributed by atoms with Gasteiger partial charge in [0.1, 0.15) is 4.88 Å². The Morgan fingerprint density at radius 1 is 1.17 bits per heavy atom. The minimum atomic E-state index is -1.35. The molecule has 1 saturated heterocycles. The lowest BCUT2D eigenvalue weighted by atomic mass is 10.2. The topological polar surface area (TPSA) is 77.6 Å². The van der Waals surface area contributed by atoms with Gasteiger partial charge in [-0.05, 0) is 19.1 Å². The Morgan fingerprint density at radius 2 is 1.86 bits per heavy atom. The first-order valence-corrected chi connectivity index (χ1v) is 14.1. The molecule has 9 heteroatoms. The highest BCUT2D eigenvalue weighted by Gasteiger charge is 2.29. The van der Waals surface area contributed by atoms with Crippen LogP contribution in [-0.2, 0) is 0 Å². The summed E-state index contributed by atoms with van der Waals surface area (Å²) in [6.45, 7) is 10.9. The second kappa shape index (κ2) is 8.54. The highest BCUT2D eigenvalue weighted by atomic mass is 32.1.